The van der Waals surface area contributed by atoms with Crippen LogP contribution in [0.15, 0.2) is 85.1 Å². The highest BCUT2D eigenvalue weighted by Gasteiger charge is 2.13. The lowest BCUT2D eigenvalue weighted by molar-refractivity contribution is -0.873. The Morgan fingerprint density at radius 3 is 2.12 bits per heavy atom. The number of quaternary nitrogens is 1. The van der Waals surface area contributed by atoms with E-state index < -0.39 is 0 Å². The average Bonchev–Trinajstić information content (AvgIpc) is 2.95. The number of benzene rings is 3. The number of hydrogen-bond acceptors (Lipinski definition) is 1. The fourth-order valence-electron chi connectivity index (χ4n) is 5.31. The van der Waals surface area contributed by atoms with Crippen LogP contribution < -0.4 is 43.4 Å². The molecule has 226 valence electrons. The minimum Gasteiger partial charge on any atom is -1.00 e. The van der Waals surface area contributed by atoms with Crippen LogP contribution in [0.2, 0.25) is 0 Å². The second-order valence-electron chi connectivity index (χ2n) is 12.1. The van der Waals surface area contributed by atoms with E-state index in [1.165, 1.54) is 77.1 Å². The molecule has 0 radical (unpaired) electrons. The number of allylic oxidation sites excluding steroid dienone is 2. The molecule has 0 aliphatic rings. The molecule has 0 spiro atoms. The summed E-state index contributed by atoms with van der Waals surface area (Å²) < 4.78 is 3.39. The molecule has 5 heteroatoms. The van der Waals surface area contributed by atoms with Crippen molar-refractivity contribution < 1.29 is 43.0 Å². The smallest absolute Gasteiger partial charge is 0.213 e. The Balaban J connectivity index is 0.00000308. The van der Waals surface area contributed by atoms with Gasteiger partial charge in [0.15, 0.2) is 12.7 Å². The van der Waals surface area contributed by atoms with Crippen molar-refractivity contribution in [1.82, 2.24) is 0 Å². The first kappa shape index (κ1) is 35.7. The van der Waals surface area contributed by atoms with E-state index in [4.69, 9.17) is 0 Å². The van der Waals surface area contributed by atoms with Gasteiger partial charge in [-0.1, -0.05) is 81.3 Å². The van der Waals surface area contributed by atoms with Gasteiger partial charge < -0.3 is 43.3 Å². The summed E-state index contributed by atoms with van der Waals surface area (Å²) in [6.45, 7) is 9.04. The molecule has 1 heterocycles. The van der Waals surface area contributed by atoms with Crippen LogP contribution in [0.5, 0.6) is 0 Å². The monoisotopic (exact) mass is 693 g/mol. The summed E-state index contributed by atoms with van der Waals surface area (Å²) in [5.41, 5.74) is 5.13. The standard InChI is InChI=1S/C37H49N3.2BrH/c1-6-8-24-38(25-9-7-2)35-22-21-33-29-31(19-20-34(33)30-35)15-10-11-16-32-23-27-39(26-14-28-40(3,4)5)37-18-13-12-17-36(32)37;;/h10-13,15-23,27,29-30H,6-9,14,24-26,28H2,1-5H3;2*1H/q+2;;/p-2. The number of unbranched alkanes of at least 4 members (excludes halogenated alkanes) is 2. The maximum absolute atomic E-state index is 2.56. The predicted molar refractivity (Wildman–Crippen MR) is 176 cm³/mol. The minimum atomic E-state index is 0. The Morgan fingerprint density at radius 1 is 0.738 bits per heavy atom. The number of pyridine rings is 1. The molecule has 1 aromatic heterocycles. The quantitative estimate of drug-likeness (QED) is 0.112. The van der Waals surface area contributed by atoms with Crippen molar-refractivity contribution in [3.8, 4) is 0 Å². The summed E-state index contributed by atoms with van der Waals surface area (Å²) in [4.78, 5) is 2.56. The van der Waals surface area contributed by atoms with Crippen LogP contribution in [0.3, 0.4) is 0 Å². The molecule has 4 rings (SSSR count). The molecule has 3 aromatic carbocycles. The van der Waals surface area contributed by atoms with E-state index >= 15 is 0 Å². The molecular weight excluding hydrogens is 646 g/mol. The summed E-state index contributed by atoms with van der Waals surface area (Å²) in [6.07, 6.45) is 17.1. The number of para-hydroxylation sites is 1. The van der Waals surface area contributed by atoms with Gasteiger partial charge in [-0.05, 0) is 59.0 Å². The highest BCUT2D eigenvalue weighted by molar-refractivity contribution is 5.88. The van der Waals surface area contributed by atoms with E-state index in [0.717, 1.165) is 24.1 Å². The Labute approximate surface area is 275 Å². The molecule has 0 atom stereocenters. The van der Waals surface area contributed by atoms with Crippen LogP contribution in [0.1, 0.15) is 57.1 Å². The highest BCUT2D eigenvalue weighted by Crippen LogP contribution is 2.25. The Hall–Kier alpha value is -2.47. The van der Waals surface area contributed by atoms with Crippen molar-refractivity contribution in [3.05, 3.63) is 96.2 Å². The number of aromatic nitrogens is 1. The fraction of sp³-hybridized carbons (Fsp3) is 0.378. The number of anilines is 1. The number of rotatable bonds is 14. The molecule has 0 bridgehead atoms. The third-order valence-corrected chi connectivity index (χ3v) is 7.64. The molecule has 0 N–H and O–H groups in total. The molecule has 0 saturated carbocycles. The van der Waals surface area contributed by atoms with E-state index in [9.17, 15) is 0 Å². The summed E-state index contributed by atoms with van der Waals surface area (Å²) in [5.74, 6) is 0. The molecule has 0 aliphatic heterocycles. The van der Waals surface area contributed by atoms with E-state index in [-0.39, 0.29) is 34.0 Å². The van der Waals surface area contributed by atoms with Gasteiger partial charge >= 0.3 is 0 Å². The maximum atomic E-state index is 2.56. The van der Waals surface area contributed by atoms with Crippen molar-refractivity contribution in [3.63, 3.8) is 0 Å². The van der Waals surface area contributed by atoms with E-state index in [1.54, 1.807) is 0 Å². The average molecular weight is 696 g/mol. The second-order valence-corrected chi connectivity index (χ2v) is 12.1. The van der Waals surface area contributed by atoms with Gasteiger partial charge in [0.1, 0.15) is 0 Å². The minimum absolute atomic E-state index is 0. The second kappa shape index (κ2) is 17.6. The van der Waals surface area contributed by atoms with Crippen LogP contribution in [-0.2, 0) is 6.54 Å². The van der Waals surface area contributed by atoms with Crippen molar-refractivity contribution >= 4 is 39.5 Å². The van der Waals surface area contributed by atoms with E-state index in [0.29, 0.717) is 0 Å². The number of nitrogens with zero attached hydrogens (tertiary/aromatic N) is 3. The third-order valence-electron chi connectivity index (χ3n) is 7.64. The van der Waals surface area contributed by atoms with Crippen molar-refractivity contribution in [2.75, 3.05) is 45.7 Å². The van der Waals surface area contributed by atoms with E-state index in [2.05, 4.69) is 142 Å². The number of hydrogen-bond donors (Lipinski definition) is 0. The van der Waals surface area contributed by atoms with Crippen molar-refractivity contribution in [2.45, 2.75) is 52.5 Å². The fourth-order valence-corrected chi connectivity index (χ4v) is 5.31. The molecule has 42 heavy (non-hydrogen) atoms. The molecule has 0 aliphatic carbocycles. The van der Waals surface area contributed by atoms with Gasteiger partial charge in [0.2, 0.25) is 5.52 Å². The lowest BCUT2D eigenvalue weighted by Crippen LogP contribution is -3.00. The lowest BCUT2D eigenvalue weighted by Gasteiger charge is -2.25. The Morgan fingerprint density at radius 2 is 1.40 bits per heavy atom. The number of aryl methyl sites for hydroxylation is 1. The first-order valence-electron chi connectivity index (χ1n) is 15.2. The van der Waals surface area contributed by atoms with Crippen LogP contribution in [0, 0.1) is 0 Å². The summed E-state index contributed by atoms with van der Waals surface area (Å²) >= 11 is 0. The van der Waals surface area contributed by atoms with Crippen LogP contribution in [0.4, 0.5) is 5.69 Å². The number of fused-ring (bicyclic) bond motifs is 2. The van der Waals surface area contributed by atoms with Crippen LogP contribution >= 0.6 is 0 Å². The first-order valence-corrected chi connectivity index (χ1v) is 15.2. The lowest BCUT2D eigenvalue weighted by atomic mass is 10.0. The van der Waals surface area contributed by atoms with Crippen LogP contribution in [-0.4, -0.2) is 45.3 Å². The van der Waals surface area contributed by atoms with Gasteiger partial charge in [0.25, 0.3) is 0 Å². The SMILES string of the molecule is CCCCN(CCCC)c1ccc2cc(/C=C\C=C\c3cc[n+](CCC[N+](C)(C)C)c4ccccc34)ccc2c1.[Br-].[Br-]. The van der Waals surface area contributed by atoms with Crippen molar-refractivity contribution in [1.29, 1.82) is 0 Å². The van der Waals surface area contributed by atoms with Gasteiger partial charge in [-0.25, -0.2) is 0 Å². The van der Waals surface area contributed by atoms with Crippen LogP contribution in [0.25, 0.3) is 33.8 Å². The zero-order valence-electron chi connectivity index (χ0n) is 26.2. The molecule has 0 amide bonds. The number of halogens is 2. The van der Waals surface area contributed by atoms with Gasteiger partial charge in [-0.2, -0.15) is 4.57 Å². The summed E-state index contributed by atoms with van der Waals surface area (Å²) in [6, 6.07) is 24.7. The molecule has 4 aromatic rings. The van der Waals surface area contributed by atoms with Gasteiger partial charge in [0, 0.05) is 30.9 Å². The largest absolute Gasteiger partial charge is 1.00 e. The zero-order valence-corrected chi connectivity index (χ0v) is 29.4. The highest BCUT2D eigenvalue weighted by atomic mass is 79.9. The first-order chi connectivity index (χ1) is 19.4. The molecule has 3 nitrogen and oxygen atoms in total. The third kappa shape index (κ3) is 10.4. The van der Waals surface area contributed by atoms with E-state index in [1.807, 2.05) is 0 Å². The van der Waals surface area contributed by atoms with Gasteiger partial charge in [-0.15, -0.1) is 0 Å². The Kier molecular flexibility index (Phi) is 15.0. The van der Waals surface area contributed by atoms with Crippen molar-refractivity contribution in [2.24, 2.45) is 0 Å². The van der Waals surface area contributed by atoms with Gasteiger partial charge in [-0.3, -0.25) is 0 Å². The maximum Gasteiger partial charge on any atom is 0.213 e. The summed E-state index contributed by atoms with van der Waals surface area (Å²) in [7, 11) is 6.78. The zero-order chi connectivity index (χ0) is 28.4. The van der Waals surface area contributed by atoms with Gasteiger partial charge in [0.05, 0.1) is 39.5 Å². The summed E-state index contributed by atoms with van der Waals surface area (Å²) in [5, 5.41) is 3.91. The Bertz CT molecular complexity index is 1440. The topological polar surface area (TPSA) is 7.12 Å². The molecular formula is C37H49Br2N3. The molecule has 0 unspecified atom stereocenters. The predicted octanol–water partition coefficient (Wildman–Crippen LogP) is 2.52. The molecule has 0 fully saturated rings. The molecule has 0 saturated heterocycles. The normalized spacial score (nSPS) is 11.7.